The summed E-state index contributed by atoms with van der Waals surface area (Å²) in [6, 6.07) is 1.86. The predicted molar refractivity (Wildman–Crippen MR) is 71.4 cm³/mol. The van der Waals surface area contributed by atoms with E-state index in [4.69, 9.17) is 4.74 Å². The average Bonchev–Trinajstić information content (AvgIpc) is 2.39. The fourth-order valence-electron chi connectivity index (χ4n) is 2.55. The van der Waals surface area contributed by atoms with Crippen molar-refractivity contribution in [1.82, 2.24) is 10.3 Å². The third-order valence-corrected chi connectivity index (χ3v) is 3.61. The van der Waals surface area contributed by atoms with Crippen LogP contribution < -0.4 is 10.1 Å². The summed E-state index contributed by atoms with van der Waals surface area (Å²) in [6.07, 6.45) is 5.68. The van der Waals surface area contributed by atoms with Crippen LogP contribution in [0.4, 0.5) is 5.69 Å². The Balaban J connectivity index is 2.22. The van der Waals surface area contributed by atoms with Gasteiger partial charge >= 0.3 is 5.69 Å². The first-order valence-corrected chi connectivity index (χ1v) is 6.57. The van der Waals surface area contributed by atoms with E-state index in [0.717, 1.165) is 25.7 Å². The fraction of sp³-hybridized carbons (Fsp3) is 0.615. The highest BCUT2D eigenvalue weighted by Crippen LogP contribution is 2.31. The van der Waals surface area contributed by atoms with E-state index >= 15 is 0 Å². The van der Waals surface area contributed by atoms with Crippen molar-refractivity contribution in [3.8, 4) is 5.88 Å². The lowest BCUT2D eigenvalue weighted by molar-refractivity contribution is -0.387. The Bertz CT molecular complexity index is 464. The molecule has 6 heteroatoms. The number of hydrogen-bond acceptors (Lipinski definition) is 5. The second-order valence-corrected chi connectivity index (χ2v) is 4.87. The molecule has 0 spiro atoms. The minimum Gasteiger partial charge on any atom is -0.468 e. The lowest BCUT2D eigenvalue weighted by Gasteiger charge is -2.31. The summed E-state index contributed by atoms with van der Waals surface area (Å²) >= 11 is 0. The van der Waals surface area contributed by atoms with Crippen LogP contribution in [0.3, 0.4) is 0 Å². The van der Waals surface area contributed by atoms with E-state index in [-0.39, 0.29) is 23.7 Å². The molecule has 1 N–H and O–H groups in total. The molecule has 0 aromatic carbocycles. The summed E-state index contributed by atoms with van der Waals surface area (Å²) in [5, 5.41) is 14.3. The van der Waals surface area contributed by atoms with Crippen molar-refractivity contribution in [2.24, 2.45) is 0 Å². The lowest BCUT2D eigenvalue weighted by atomic mass is 9.92. The van der Waals surface area contributed by atoms with Crippen molar-refractivity contribution in [3.63, 3.8) is 0 Å². The van der Waals surface area contributed by atoms with Gasteiger partial charge in [-0.1, -0.05) is 6.42 Å². The number of ether oxygens (including phenoxy) is 1. The highest BCUT2D eigenvalue weighted by molar-refractivity contribution is 5.47. The molecule has 19 heavy (non-hydrogen) atoms. The van der Waals surface area contributed by atoms with Gasteiger partial charge in [0.15, 0.2) is 0 Å². The van der Waals surface area contributed by atoms with Gasteiger partial charge in [0.05, 0.1) is 4.92 Å². The van der Waals surface area contributed by atoms with Crippen LogP contribution in [0.1, 0.15) is 31.2 Å². The van der Waals surface area contributed by atoms with E-state index < -0.39 is 4.92 Å². The molecule has 0 bridgehead atoms. The van der Waals surface area contributed by atoms with Gasteiger partial charge in [0.1, 0.15) is 6.10 Å². The maximum absolute atomic E-state index is 11.1. The van der Waals surface area contributed by atoms with Crippen LogP contribution in [-0.2, 0) is 0 Å². The quantitative estimate of drug-likeness (QED) is 0.667. The Morgan fingerprint density at radius 3 is 2.89 bits per heavy atom. The Hall–Kier alpha value is -1.69. The van der Waals surface area contributed by atoms with E-state index in [1.54, 1.807) is 19.2 Å². The summed E-state index contributed by atoms with van der Waals surface area (Å²) < 4.78 is 5.82. The molecule has 104 valence electrons. The number of likely N-dealkylation sites (N-methyl/N-ethyl adjacent to an activating group) is 1. The maximum atomic E-state index is 11.1. The summed E-state index contributed by atoms with van der Waals surface area (Å²) in [7, 11) is 1.89. The molecule has 1 saturated carbocycles. The van der Waals surface area contributed by atoms with Crippen LogP contribution in [-0.4, -0.2) is 29.1 Å². The van der Waals surface area contributed by atoms with Gasteiger partial charge in [0.25, 0.3) is 5.88 Å². The smallest absolute Gasteiger partial charge is 0.333 e. The molecule has 1 aliphatic carbocycles. The molecule has 6 nitrogen and oxygen atoms in total. The van der Waals surface area contributed by atoms with Crippen LogP contribution in [0.5, 0.6) is 5.88 Å². The van der Waals surface area contributed by atoms with E-state index in [2.05, 4.69) is 10.3 Å². The fourth-order valence-corrected chi connectivity index (χ4v) is 2.55. The largest absolute Gasteiger partial charge is 0.468 e. The number of rotatable bonds is 4. The van der Waals surface area contributed by atoms with Crippen LogP contribution in [0.2, 0.25) is 0 Å². The zero-order valence-electron chi connectivity index (χ0n) is 11.3. The number of nitrogens with zero attached hydrogens (tertiary/aromatic N) is 2. The van der Waals surface area contributed by atoms with E-state index in [0.29, 0.717) is 5.56 Å². The maximum Gasteiger partial charge on any atom is 0.333 e. The first kappa shape index (κ1) is 13.7. The van der Waals surface area contributed by atoms with E-state index in [1.807, 2.05) is 7.05 Å². The lowest BCUT2D eigenvalue weighted by Crippen LogP contribution is -2.43. The summed E-state index contributed by atoms with van der Waals surface area (Å²) in [4.78, 5) is 14.7. The molecule has 1 aromatic heterocycles. The van der Waals surface area contributed by atoms with Crippen LogP contribution in [0.25, 0.3) is 0 Å². The SMILES string of the molecule is CNC1CCCCC1Oc1nccc(C)c1[N+](=O)[O-]. The standard InChI is InChI=1S/C13H19N3O3/c1-9-7-8-15-13(12(9)16(17)18)19-11-6-4-3-5-10(11)14-2/h7-8,10-11,14H,3-6H2,1-2H3. The van der Waals surface area contributed by atoms with Crippen molar-refractivity contribution < 1.29 is 9.66 Å². The van der Waals surface area contributed by atoms with Crippen molar-refractivity contribution in [1.29, 1.82) is 0 Å². The molecule has 2 unspecified atom stereocenters. The third-order valence-electron chi connectivity index (χ3n) is 3.61. The molecule has 0 radical (unpaired) electrons. The Kier molecular flexibility index (Phi) is 4.31. The second-order valence-electron chi connectivity index (χ2n) is 4.87. The molecule has 2 rings (SSSR count). The number of aromatic nitrogens is 1. The van der Waals surface area contributed by atoms with Gasteiger partial charge in [-0.3, -0.25) is 10.1 Å². The predicted octanol–water partition coefficient (Wildman–Crippen LogP) is 2.21. The number of hydrogen-bond donors (Lipinski definition) is 1. The van der Waals surface area contributed by atoms with Gasteiger partial charge in [-0.2, -0.15) is 0 Å². The van der Waals surface area contributed by atoms with Crippen LogP contribution in [0.15, 0.2) is 12.3 Å². The van der Waals surface area contributed by atoms with Gasteiger partial charge in [-0.25, -0.2) is 4.98 Å². The molecule has 1 heterocycles. The molecule has 0 amide bonds. The number of nitro groups is 1. The van der Waals surface area contributed by atoms with Crippen LogP contribution >= 0.6 is 0 Å². The monoisotopic (exact) mass is 265 g/mol. The highest BCUT2D eigenvalue weighted by atomic mass is 16.6. The molecule has 1 aromatic rings. The van der Waals surface area contributed by atoms with Crippen molar-refractivity contribution in [2.75, 3.05) is 7.05 Å². The minimum absolute atomic E-state index is 0.0251. The average molecular weight is 265 g/mol. The van der Waals surface area contributed by atoms with Gasteiger partial charge in [0.2, 0.25) is 0 Å². The third kappa shape index (κ3) is 3.01. The van der Waals surface area contributed by atoms with Gasteiger partial charge in [-0.15, -0.1) is 0 Å². The topological polar surface area (TPSA) is 77.3 Å². The molecular formula is C13H19N3O3. The van der Waals surface area contributed by atoms with E-state index in [9.17, 15) is 10.1 Å². The Morgan fingerprint density at radius 1 is 1.47 bits per heavy atom. The first-order chi connectivity index (χ1) is 9.13. The van der Waals surface area contributed by atoms with Crippen molar-refractivity contribution >= 4 is 5.69 Å². The Morgan fingerprint density at radius 2 is 2.21 bits per heavy atom. The number of aryl methyl sites for hydroxylation is 1. The first-order valence-electron chi connectivity index (χ1n) is 6.57. The molecule has 2 atom stereocenters. The summed E-state index contributed by atoms with van der Waals surface area (Å²) in [5.41, 5.74) is 0.551. The summed E-state index contributed by atoms with van der Waals surface area (Å²) in [6.45, 7) is 1.70. The van der Waals surface area contributed by atoms with Crippen molar-refractivity contribution in [3.05, 3.63) is 27.9 Å². The molecule has 1 fully saturated rings. The Labute approximate surface area is 112 Å². The molecular weight excluding hydrogens is 246 g/mol. The minimum atomic E-state index is -0.422. The van der Waals surface area contributed by atoms with Gasteiger partial charge < -0.3 is 10.1 Å². The highest BCUT2D eigenvalue weighted by Gasteiger charge is 2.29. The van der Waals surface area contributed by atoms with Crippen LogP contribution in [0, 0.1) is 17.0 Å². The van der Waals surface area contributed by atoms with Crippen molar-refractivity contribution in [2.45, 2.75) is 44.8 Å². The summed E-state index contributed by atoms with van der Waals surface area (Å²) in [5.74, 6) is 0.136. The number of nitrogens with one attached hydrogen (secondary N) is 1. The number of pyridine rings is 1. The molecule has 0 aliphatic heterocycles. The zero-order valence-corrected chi connectivity index (χ0v) is 11.3. The second kappa shape index (κ2) is 5.97. The molecule has 1 aliphatic rings. The molecule has 0 saturated heterocycles. The normalized spacial score (nSPS) is 23.1. The van der Waals surface area contributed by atoms with Gasteiger partial charge in [-0.05, 0) is 39.3 Å². The van der Waals surface area contributed by atoms with E-state index in [1.165, 1.54) is 0 Å². The van der Waals surface area contributed by atoms with Gasteiger partial charge in [0, 0.05) is 17.8 Å². The zero-order chi connectivity index (χ0) is 13.8.